The fourth-order valence-electron chi connectivity index (χ4n) is 7.45. The van der Waals surface area contributed by atoms with E-state index < -0.39 is 0 Å². The standard InChI is InChI=1S/C49H29N5OS/c1-4-13-30(14-5-1)39-29-40(51-46(50-39)31-15-6-2-7-16-31)33-24-26-43-38(27-33)35-25-23-34(28-44(35)56-43)48-52-47(32-17-8-3-9-18-32)53-49(54-48)37-20-12-22-42-45(37)36-19-10-11-21-41(36)55-42/h1-29H. The minimum atomic E-state index is 0.599. The molecule has 4 aromatic heterocycles. The van der Waals surface area contributed by atoms with E-state index in [4.69, 9.17) is 29.3 Å². The fraction of sp³-hybridized carbons (Fsp3) is 0. The summed E-state index contributed by atoms with van der Waals surface area (Å²) in [6, 6.07) is 59.9. The second kappa shape index (κ2) is 13.2. The van der Waals surface area contributed by atoms with Gasteiger partial charge in [-0.05, 0) is 36.4 Å². The van der Waals surface area contributed by atoms with Crippen molar-refractivity contribution >= 4 is 53.4 Å². The molecule has 0 aliphatic rings. The third-order valence-corrected chi connectivity index (χ3v) is 11.3. The monoisotopic (exact) mass is 735 g/mol. The third-order valence-electron chi connectivity index (χ3n) is 10.2. The Kier molecular flexibility index (Phi) is 7.57. The van der Waals surface area contributed by atoms with Gasteiger partial charge in [-0.15, -0.1) is 11.3 Å². The maximum absolute atomic E-state index is 6.23. The quantitative estimate of drug-likeness (QED) is 0.169. The van der Waals surface area contributed by atoms with E-state index in [0.29, 0.717) is 23.3 Å². The fourth-order valence-corrected chi connectivity index (χ4v) is 8.57. The molecule has 0 aliphatic heterocycles. The molecule has 0 saturated carbocycles. The number of furan rings is 1. The van der Waals surface area contributed by atoms with Gasteiger partial charge in [-0.3, -0.25) is 0 Å². The molecule has 0 atom stereocenters. The van der Waals surface area contributed by atoms with Crippen LogP contribution in [0.4, 0.5) is 0 Å². The Morgan fingerprint density at radius 1 is 0.339 bits per heavy atom. The van der Waals surface area contributed by atoms with E-state index in [0.717, 1.165) is 71.4 Å². The molecule has 0 spiro atoms. The van der Waals surface area contributed by atoms with Crippen molar-refractivity contribution in [3.63, 3.8) is 0 Å². The van der Waals surface area contributed by atoms with E-state index in [-0.39, 0.29) is 0 Å². The predicted octanol–water partition coefficient (Wildman–Crippen LogP) is 12.9. The topological polar surface area (TPSA) is 77.6 Å². The zero-order valence-corrected chi connectivity index (χ0v) is 30.6. The first kappa shape index (κ1) is 32.1. The van der Waals surface area contributed by atoms with Crippen LogP contribution in [-0.4, -0.2) is 24.9 Å². The molecule has 11 aromatic rings. The number of rotatable bonds is 6. The molecule has 4 heterocycles. The summed E-state index contributed by atoms with van der Waals surface area (Å²) in [7, 11) is 0. The van der Waals surface area contributed by atoms with E-state index in [2.05, 4.69) is 78.9 Å². The second-order valence-electron chi connectivity index (χ2n) is 13.7. The number of nitrogens with zero attached hydrogens (tertiary/aromatic N) is 5. The van der Waals surface area contributed by atoms with E-state index in [9.17, 15) is 0 Å². The zero-order chi connectivity index (χ0) is 37.0. The highest BCUT2D eigenvalue weighted by Crippen LogP contribution is 2.40. The molecule has 0 unspecified atom stereocenters. The lowest BCUT2D eigenvalue weighted by Gasteiger charge is -2.10. The van der Waals surface area contributed by atoms with Crippen LogP contribution in [0.25, 0.3) is 110 Å². The largest absolute Gasteiger partial charge is 0.456 e. The molecule has 56 heavy (non-hydrogen) atoms. The van der Waals surface area contributed by atoms with Gasteiger partial charge in [-0.25, -0.2) is 24.9 Å². The third kappa shape index (κ3) is 5.61. The first-order chi connectivity index (χ1) is 27.7. The van der Waals surface area contributed by atoms with Crippen LogP contribution in [0.3, 0.4) is 0 Å². The summed E-state index contributed by atoms with van der Waals surface area (Å²) in [6.07, 6.45) is 0. The summed E-state index contributed by atoms with van der Waals surface area (Å²) >= 11 is 1.76. The maximum Gasteiger partial charge on any atom is 0.164 e. The molecule has 0 aliphatic carbocycles. The number of hydrogen-bond donors (Lipinski definition) is 0. The molecule has 0 saturated heterocycles. The van der Waals surface area contributed by atoms with E-state index in [1.165, 1.54) is 15.5 Å². The molecule has 0 radical (unpaired) electrons. The van der Waals surface area contributed by atoms with E-state index in [1.807, 2.05) is 97.1 Å². The highest BCUT2D eigenvalue weighted by atomic mass is 32.1. The van der Waals surface area contributed by atoms with Gasteiger partial charge in [0.15, 0.2) is 23.3 Å². The number of benzene rings is 7. The minimum Gasteiger partial charge on any atom is -0.456 e. The lowest BCUT2D eigenvalue weighted by molar-refractivity contribution is 0.669. The number of para-hydroxylation sites is 1. The summed E-state index contributed by atoms with van der Waals surface area (Å²) in [4.78, 5) is 25.3. The molecule has 0 amide bonds. The molecule has 6 nitrogen and oxygen atoms in total. The van der Waals surface area contributed by atoms with Crippen LogP contribution in [0.1, 0.15) is 0 Å². The van der Waals surface area contributed by atoms with Crippen molar-refractivity contribution in [3.8, 4) is 68.1 Å². The van der Waals surface area contributed by atoms with Crippen molar-refractivity contribution < 1.29 is 4.42 Å². The van der Waals surface area contributed by atoms with Gasteiger partial charge in [0.05, 0.1) is 11.4 Å². The number of fused-ring (bicyclic) bond motifs is 6. The van der Waals surface area contributed by atoms with Crippen molar-refractivity contribution in [3.05, 3.63) is 176 Å². The van der Waals surface area contributed by atoms with Crippen molar-refractivity contribution in [2.75, 3.05) is 0 Å². The molecule has 262 valence electrons. The summed E-state index contributed by atoms with van der Waals surface area (Å²) in [5.74, 6) is 2.53. The SMILES string of the molecule is c1ccc(-c2cc(-c3ccc4sc5cc(-c6nc(-c7ccccc7)nc(-c7cccc8oc9ccccc9c78)n6)ccc5c4c3)nc(-c3ccccc3)n2)cc1. The average molecular weight is 736 g/mol. The second-order valence-corrected chi connectivity index (χ2v) is 14.8. The highest BCUT2D eigenvalue weighted by Gasteiger charge is 2.19. The van der Waals surface area contributed by atoms with Crippen LogP contribution in [0.5, 0.6) is 0 Å². The summed E-state index contributed by atoms with van der Waals surface area (Å²) in [5.41, 5.74) is 9.21. The Hall–Kier alpha value is -7.35. The molecule has 7 heteroatoms. The van der Waals surface area contributed by atoms with Crippen LogP contribution in [0.2, 0.25) is 0 Å². The van der Waals surface area contributed by atoms with Crippen molar-refractivity contribution in [1.29, 1.82) is 0 Å². The Bertz CT molecular complexity index is 3190. The van der Waals surface area contributed by atoms with Gasteiger partial charge >= 0.3 is 0 Å². The molecule has 7 aromatic carbocycles. The normalized spacial score (nSPS) is 11.6. The zero-order valence-electron chi connectivity index (χ0n) is 29.8. The highest BCUT2D eigenvalue weighted by molar-refractivity contribution is 7.25. The van der Waals surface area contributed by atoms with Gasteiger partial charge in [-0.1, -0.05) is 140 Å². The van der Waals surface area contributed by atoms with E-state index in [1.54, 1.807) is 11.3 Å². The van der Waals surface area contributed by atoms with E-state index >= 15 is 0 Å². The van der Waals surface area contributed by atoms with Crippen molar-refractivity contribution in [2.45, 2.75) is 0 Å². The summed E-state index contributed by atoms with van der Waals surface area (Å²) in [5, 5.41) is 4.37. The first-order valence-electron chi connectivity index (χ1n) is 18.4. The van der Waals surface area contributed by atoms with Crippen molar-refractivity contribution in [2.24, 2.45) is 0 Å². The molecular formula is C49H29N5OS. The Balaban J connectivity index is 1.04. The summed E-state index contributed by atoms with van der Waals surface area (Å²) < 4.78 is 8.58. The van der Waals surface area contributed by atoms with Crippen LogP contribution >= 0.6 is 11.3 Å². The van der Waals surface area contributed by atoms with Crippen LogP contribution in [0.15, 0.2) is 180 Å². The van der Waals surface area contributed by atoms with Gasteiger partial charge in [0, 0.05) is 64.3 Å². The van der Waals surface area contributed by atoms with Crippen LogP contribution in [0, 0.1) is 0 Å². The van der Waals surface area contributed by atoms with Gasteiger partial charge in [0.1, 0.15) is 11.2 Å². The Morgan fingerprint density at radius 2 is 0.929 bits per heavy atom. The number of thiophene rings is 1. The lowest BCUT2D eigenvalue weighted by Crippen LogP contribution is -2.00. The first-order valence-corrected chi connectivity index (χ1v) is 19.2. The summed E-state index contributed by atoms with van der Waals surface area (Å²) in [6.45, 7) is 0. The minimum absolute atomic E-state index is 0.599. The smallest absolute Gasteiger partial charge is 0.164 e. The van der Waals surface area contributed by atoms with Gasteiger partial charge in [-0.2, -0.15) is 0 Å². The van der Waals surface area contributed by atoms with Crippen LogP contribution in [-0.2, 0) is 0 Å². The number of aromatic nitrogens is 5. The lowest BCUT2D eigenvalue weighted by atomic mass is 10.0. The van der Waals surface area contributed by atoms with Crippen LogP contribution < -0.4 is 0 Å². The molecule has 11 rings (SSSR count). The molecule has 0 bridgehead atoms. The molecule has 0 N–H and O–H groups in total. The Morgan fingerprint density at radius 3 is 1.68 bits per heavy atom. The average Bonchev–Trinajstić information content (AvgIpc) is 3.85. The predicted molar refractivity (Wildman–Crippen MR) is 228 cm³/mol. The van der Waals surface area contributed by atoms with Gasteiger partial charge < -0.3 is 4.42 Å². The Labute approximate surface area is 325 Å². The van der Waals surface area contributed by atoms with Gasteiger partial charge in [0.25, 0.3) is 0 Å². The van der Waals surface area contributed by atoms with Gasteiger partial charge in [0.2, 0.25) is 0 Å². The molecule has 0 fully saturated rings. The number of hydrogen-bond acceptors (Lipinski definition) is 7. The molecular weight excluding hydrogens is 707 g/mol. The maximum atomic E-state index is 6.23. The van der Waals surface area contributed by atoms with Crippen molar-refractivity contribution in [1.82, 2.24) is 24.9 Å².